The second kappa shape index (κ2) is 20.1. The van der Waals surface area contributed by atoms with Gasteiger partial charge in [-0.2, -0.15) is 9.97 Å². The van der Waals surface area contributed by atoms with Gasteiger partial charge in [0, 0.05) is 112 Å². The predicted molar refractivity (Wildman–Crippen MR) is 269 cm³/mol. The van der Waals surface area contributed by atoms with E-state index in [-0.39, 0.29) is 88.4 Å². The first-order valence-corrected chi connectivity index (χ1v) is 25.1. The molecule has 0 radical (unpaired) electrons. The predicted octanol–water partition coefficient (Wildman–Crippen LogP) is 7.21. The van der Waals surface area contributed by atoms with Crippen LogP contribution in [-0.4, -0.2) is 143 Å². The van der Waals surface area contributed by atoms with Gasteiger partial charge in [-0.25, -0.2) is 13.6 Å². The number of carbonyl (C=O) groups is 3. The fourth-order valence-corrected chi connectivity index (χ4v) is 11.4. The summed E-state index contributed by atoms with van der Waals surface area (Å²) >= 11 is 6.42. The molecular formula is C53H59ClF2N10O5. The van der Waals surface area contributed by atoms with E-state index >= 15 is 8.78 Å². The summed E-state index contributed by atoms with van der Waals surface area (Å²) in [6.45, 7) is 13.1. The van der Waals surface area contributed by atoms with Gasteiger partial charge < -0.3 is 34.8 Å². The maximum absolute atomic E-state index is 17.1. The number of anilines is 2. The Morgan fingerprint density at radius 3 is 2.44 bits per heavy atom. The molecule has 0 spiro atoms. The van der Waals surface area contributed by atoms with Crippen LogP contribution < -0.4 is 25.2 Å². The van der Waals surface area contributed by atoms with Crippen LogP contribution in [0.4, 0.5) is 25.1 Å². The number of terminal acetylenes is 1. The SMILES string of the molecule is C#Cc1c(F)ccc2cc(O)cc(-c3ncc4c(N5CC6CCC(C5)N6)nc(OCC(C)(C)CN5CCN(CCCC6CCN(C(=O)c7ccc(Cl)c(N8CCC(=O)NC8=O)c7)CC6)CC5)nc4c3F)c12. The van der Waals surface area contributed by atoms with Crippen molar-refractivity contribution in [2.75, 3.05) is 88.4 Å². The average molecular weight is 990 g/mol. The summed E-state index contributed by atoms with van der Waals surface area (Å²) in [5.74, 6) is 1.56. The van der Waals surface area contributed by atoms with Crippen molar-refractivity contribution < 1.29 is 33.0 Å². The molecule has 18 heteroatoms. The van der Waals surface area contributed by atoms with Crippen LogP contribution in [0.5, 0.6) is 11.8 Å². The van der Waals surface area contributed by atoms with Gasteiger partial charge in [0.15, 0.2) is 5.82 Å². The van der Waals surface area contributed by atoms with Crippen LogP contribution in [-0.2, 0) is 4.79 Å². The maximum Gasteiger partial charge on any atom is 0.328 e. The highest BCUT2D eigenvalue weighted by Gasteiger charge is 2.35. The van der Waals surface area contributed by atoms with Crippen LogP contribution in [0.25, 0.3) is 32.9 Å². The van der Waals surface area contributed by atoms with Gasteiger partial charge in [-0.1, -0.05) is 37.4 Å². The number of ether oxygens (including phenoxy) is 1. The Bertz CT molecular complexity index is 2920. The maximum atomic E-state index is 17.1. The first-order chi connectivity index (χ1) is 34.2. The van der Waals surface area contributed by atoms with Crippen LogP contribution in [0.2, 0.25) is 5.02 Å². The molecule has 2 atom stereocenters. The number of hydrogen-bond donors (Lipinski definition) is 3. The van der Waals surface area contributed by atoms with Gasteiger partial charge in [-0.05, 0) is 92.8 Å². The minimum atomic E-state index is -0.749. The molecule has 3 N–H and O–H groups in total. The van der Waals surface area contributed by atoms with E-state index in [0.29, 0.717) is 65.0 Å². The molecule has 2 bridgehead atoms. The van der Waals surface area contributed by atoms with Crippen molar-refractivity contribution in [2.45, 2.75) is 70.9 Å². The lowest BCUT2D eigenvalue weighted by Crippen LogP contribution is -2.51. The van der Waals surface area contributed by atoms with Crippen molar-refractivity contribution in [3.8, 4) is 35.4 Å². The lowest BCUT2D eigenvalue weighted by molar-refractivity contribution is -0.120. The third-order valence-corrected chi connectivity index (χ3v) is 15.2. The normalized spacial score (nSPS) is 20.5. The van der Waals surface area contributed by atoms with Crippen molar-refractivity contribution in [1.82, 2.24) is 40.3 Å². The number of hydrogen-bond acceptors (Lipinski definition) is 12. The summed E-state index contributed by atoms with van der Waals surface area (Å²) in [7, 11) is 0. The Labute approximate surface area is 416 Å². The molecule has 0 aliphatic carbocycles. The lowest BCUT2D eigenvalue weighted by atomic mass is 9.91. The molecule has 5 aromatic rings. The van der Waals surface area contributed by atoms with Crippen LogP contribution in [0.15, 0.2) is 48.7 Å². The second-order valence-electron chi connectivity index (χ2n) is 20.6. The fraction of sp³-hybridized carbons (Fsp3) is 0.472. The number of phenolic OH excluding ortho intramolecular Hbond substituents is 1. The fourth-order valence-electron chi connectivity index (χ4n) is 11.2. The first-order valence-electron chi connectivity index (χ1n) is 24.8. The van der Waals surface area contributed by atoms with E-state index in [1.165, 1.54) is 29.2 Å². The van der Waals surface area contributed by atoms with Gasteiger partial charge in [-0.15, -0.1) is 6.42 Å². The number of urea groups is 1. The molecule has 4 amide bonds. The Kier molecular flexibility index (Phi) is 13.7. The summed E-state index contributed by atoms with van der Waals surface area (Å²) in [4.78, 5) is 62.3. The smallest absolute Gasteiger partial charge is 0.328 e. The number of rotatable bonds is 13. The molecule has 71 heavy (non-hydrogen) atoms. The van der Waals surface area contributed by atoms with Crippen molar-refractivity contribution in [1.29, 1.82) is 0 Å². The highest BCUT2D eigenvalue weighted by Crippen LogP contribution is 2.40. The van der Waals surface area contributed by atoms with Crippen molar-refractivity contribution >= 4 is 62.6 Å². The number of halogens is 3. The van der Waals surface area contributed by atoms with Crippen molar-refractivity contribution in [3.63, 3.8) is 0 Å². The van der Waals surface area contributed by atoms with Crippen LogP contribution in [0.3, 0.4) is 0 Å². The molecule has 15 nitrogen and oxygen atoms in total. The Morgan fingerprint density at radius 1 is 0.958 bits per heavy atom. The Balaban J connectivity index is 0.737. The topological polar surface area (TPSA) is 160 Å². The number of nitrogens with zero attached hydrogens (tertiary/aromatic N) is 8. The first kappa shape index (κ1) is 48.4. The van der Waals surface area contributed by atoms with Gasteiger partial charge in [0.05, 0.1) is 28.3 Å². The zero-order chi connectivity index (χ0) is 49.6. The number of aromatic hydroxyl groups is 1. The molecule has 5 aliphatic heterocycles. The Morgan fingerprint density at radius 2 is 1.70 bits per heavy atom. The zero-order valence-electron chi connectivity index (χ0n) is 40.2. The molecule has 2 aromatic heterocycles. The highest BCUT2D eigenvalue weighted by molar-refractivity contribution is 6.34. The number of imide groups is 1. The van der Waals surface area contributed by atoms with E-state index in [1.54, 1.807) is 24.4 Å². The number of benzene rings is 3. The van der Waals surface area contributed by atoms with E-state index in [2.05, 4.69) is 55.1 Å². The molecular weight excluding hydrogens is 930 g/mol. The van der Waals surface area contributed by atoms with E-state index in [0.717, 1.165) is 77.8 Å². The summed E-state index contributed by atoms with van der Waals surface area (Å²) in [6.07, 6.45) is 13.6. The van der Waals surface area contributed by atoms with Gasteiger partial charge in [-0.3, -0.25) is 24.8 Å². The number of carbonyl (C=O) groups excluding carboxylic acids is 3. The Hall–Kier alpha value is -6.19. The van der Waals surface area contributed by atoms with E-state index in [4.69, 9.17) is 27.7 Å². The van der Waals surface area contributed by atoms with Gasteiger partial charge in [0.2, 0.25) is 5.91 Å². The van der Waals surface area contributed by atoms with E-state index in [9.17, 15) is 19.5 Å². The lowest BCUT2D eigenvalue weighted by Gasteiger charge is -2.39. The van der Waals surface area contributed by atoms with Crippen LogP contribution in [0.1, 0.15) is 74.7 Å². The van der Waals surface area contributed by atoms with Crippen molar-refractivity contribution in [2.24, 2.45) is 11.3 Å². The summed E-state index contributed by atoms with van der Waals surface area (Å²) in [5, 5.41) is 18.1. The number of fused-ring (bicyclic) bond motifs is 4. The van der Waals surface area contributed by atoms with Crippen LogP contribution in [0, 0.1) is 35.3 Å². The van der Waals surface area contributed by atoms with Gasteiger partial charge >= 0.3 is 12.0 Å². The van der Waals surface area contributed by atoms with Gasteiger partial charge in [0.25, 0.3) is 5.91 Å². The second-order valence-corrected chi connectivity index (χ2v) is 21.0. The van der Waals surface area contributed by atoms with E-state index < -0.39 is 17.7 Å². The van der Waals surface area contributed by atoms with Crippen molar-refractivity contribution in [3.05, 3.63) is 76.4 Å². The average Bonchev–Trinajstić information content (AvgIpc) is 3.70. The number of amides is 4. The minimum Gasteiger partial charge on any atom is -0.508 e. The molecule has 5 saturated heterocycles. The highest BCUT2D eigenvalue weighted by atomic mass is 35.5. The number of piperazine rings is 2. The number of pyridine rings is 1. The number of piperidine rings is 1. The van der Waals surface area contributed by atoms with Gasteiger partial charge in [0.1, 0.15) is 28.6 Å². The molecule has 372 valence electrons. The number of phenols is 1. The minimum absolute atomic E-state index is 0.0155. The quantitative estimate of drug-likeness (QED) is 0.102. The molecule has 5 aliphatic rings. The molecule has 2 unspecified atom stereocenters. The number of nitrogens with one attached hydrogen (secondary N) is 2. The van der Waals surface area contributed by atoms with Crippen LogP contribution >= 0.6 is 11.6 Å². The summed E-state index contributed by atoms with van der Waals surface area (Å²) < 4.78 is 38.5. The number of likely N-dealkylation sites (tertiary alicyclic amines) is 1. The van der Waals surface area contributed by atoms with E-state index in [1.807, 2.05) is 4.90 Å². The molecule has 5 fully saturated rings. The molecule has 3 aromatic carbocycles. The third-order valence-electron chi connectivity index (χ3n) is 14.8. The largest absolute Gasteiger partial charge is 0.508 e. The molecule has 7 heterocycles. The molecule has 10 rings (SSSR count). The molecule has 0 saturated carbocycles. The number of aromatic nitrogens is 3. The standard InChI is InChI=1S/C53H59ClF2N10O5/c1-4-38-42(55)12-8-33-24-37(67)26-39(45(33)38)47-46(56)48-40(27-57-47)49(65-28-35-9-10-36(29-65)58-35)61-51(60-48)71-31-53(2,3)30-63-22-20-62(21-23-63)16-5-6-32-13-17-64(18-14-32)50(69)34-7-11-41(54)43(25-34)66-19-15-44(68)59-52(66)70/h1,7-8,11-12,24-27,32,35-36,58,67H,5-6,9-10,13-23,28-31H2,2-3H3,(H,59,68,70). The summed E-state index contributed by atoms with van der Waals surface area (Å²) in [5.41, 5.74) is 0.596. The monoisotopic (exact) mass is 988 g/mol. The summed E-state index contributed by atoms with van der Waals surface area (Å²) in [6, 6.07) is 10.6. The zero-order valence-corrected chi connectivity index (χ0v) is 40.9. The third kappa shape index (κ3) is 10.3.